The van der Waals surface area contributed by atoms with Crippen LogP contribution in [0.4, 0.5) is 11.5 Å². The van der Waals surface area contributed by atoms with E-state index in [1.54, 1.807) is 39.0 Å². The summed E-state index contributed by atoms with van der Waals surface area (Å²) in [6, 6.07) is 8.56. The molecule has 1 aromatic heterocycles. The fraction of sp³-hybridized carbons (Fsp3) is 0.267. The molecular formula is C15H16N4O2S. The number of para-hydroxylation sites is 1. The second kappa shape index (κ2) is 6.12. The highest BCUT2D eigenvalue weighted by Crippen LogP contribution is 2.28. The maximum absolute atomic E-state index is 12.4. The third-order valence-electron chi connectivity index (χ3n) is 3.10. The van der Waals surface area contributed by atoms with Crippen molar-refractivity contribution in [1.29, 1.82) is 5.26 Å². The van der Waals surface area contributed by atoms with Gasteiger partial charge in [0, 0.05) is 0 Å². The molecule has 0 saturated heterocycles. The van der Waals surface area contributed by atoms with Crippen LogP contribution in [0.25, 0.3) is 0 Å². The minimum atomic E-state index is -3.45. The molecule has 2 rings (SSSR count). The minimum Gasteiger partial charge on any atom is -0.338 e. The van der Waals surface area contributed by atoms with Gasteiger partial charge in [0.1, 0.15) is 17.5 Å². The predicted molar refractivity (Wildman–Crippen MR) is 83.5 cm³/mol. The van der Waals surface area contributed by atoms with Gasteiger partial charge in [0.05, 0.1) is 22.0 Å². The Morgan fingerprint density at radius 1 is 1.27 bits per heavy atom. The van der Waals surface area contributed by atoms with Gasteiger partial charge < -0.3 is 5.32 Å². The van der Waals surface area contributed by atoms with Crippen molar-refractivity contribution in [2.75, 3.05) is 5.32 Å². The largest absolute Gasteiger partial charge is 0.338 e. The number of benzene rings is 1. The van der Waals surface area contributed by atoms with Gasteiger partial charge in [0.15, 0.2) is 15.7 Å². The number of aryl methyl sites for hydroxylation is 1. The van der Waals surface area contributed by atoms with Crippen molar-refractivity contribution in [3.05, 3.63) is 41.9 Å². The van der Waals surface area contributed by atoms with E-state index in [2.05, 4.69) is 15.3 Å². The average molecular weight is 316 g/mol. The molecule has 0 spiro atoms. The van der Waals surface area contributed by atoms with Gasteiger partial charge in [-0.2, -0.15) is 5.26 Å². The third-order valence-corrected chi connectivity index (χ3v) is 5.31. The molecule has 2 aromatic rings. The van der Waals surface area contributed by atoms with Crippen LogP contribution in [0, 0.1) is 18.3 Å². The Kier molecular flexibility index (Phi) is 4.43. The van der Waals surface area contributed by atoms with E-state index in [-0.39, 0.29) is 10.5 Å². The summed E-state index contributed by atoms with van der Waals surface area (Å²) in [6.07, 6.45) is 1.41. The zero-order valence-corrected chi connectivity index (χ0v) is 13.3. The van der Waals surface area contributed by atoms with E-state index in [1.165, 1.54) is 12.3 Å². The van der Waals surface area contributed by atoms with Crippen LogP contribution in [0.5, 0.6) is 0 Å². The third kappa shape index (κ3) is 3.07. The molecule has 0 radical (unpaired) electrons. The molecule has 0 atom stereocenters. The SMILES string of the molecule is Cc1ncc(C#N)c(Nc2ccccc2S(=O)(=O)C(C)C)n1. The highest BCUT2D eigenvalue weighted by Gasteiger charge is 2.23. The molecule has 0 bridgehead atoms. The first-order valence-corrected chi connectivity index (χ1v) is 8.24. The minimum absolute atomic E-state index is 0.185. The molecule has 1 N–H and O–H groups in total. The first kappa shape index (κ1) is 15.9. The van der Waals surface area contributed by atoms with Gasteiger partial charge in [-0.1, -0.05) is 12.1 Å². The van der Waals surface area contributed by atoms with Crippen molar-refractivity contribution in [2.45, 2.75) is 30.9 Å². The molecule has 22 heavy (non-hydrogen) atoms. The molecule has 0 unspecified atom stereocenters. The van der Waals surface area contributed by atoms with Crippen LogP contribution in [0.1, 0.15) is 25.2 Å². The van der Waals surface area contributed by atoms with Crippen molar-refractivity contribution in [1.82, 2.24) is 9.97 Å². The van der Waals surface area contributed by atoms with Crippen LogP contribution in [-0.4, -0.2) is 23.6 Å². The molecule has 7 heteroatoms. The fourth-order valence-corrected chi connectivity index (χ4v) is 3.05. The number of hydrogen-bond acceptors (Lipinski definition) is 6. The van der Waals surface area contributed by atoms with Crippen molar-refractivity contribution in [2.24, 2.45) is 0 Å². The van der Waals surface area contributed by atoms with E-state index in [0.29, 0.717) is 17.3 Å². The lowest BCUT2D eigenvalue weighted by Crippen LogP contribution is -2.16. The van der Waals surface area contributed by atoms with E-state index in [4.69, 9.17) is 5.26 Å². The van der Waals surface area contributed by atoms with Gasteiger partial charge in [0.2, 0.25) is 0 Å². The van der Waals surface area contributed by atoms with Crippen molar-refractivity contribution < 1.29 is 8.42 Å². The Bertz CT molecular complexity index is 839. The molecule has 0 aliphatic carbocycles. The summed E-state index contributed by atoms with van der Waals surface area (Å²) >= 11 is 0. The number of anilines is 2. The lowest BCUT2D eigenvalue weighted by atomic mass is 10.3. The number of sulfone groups is 1. The molecule has 114 valence electrons. The Morgan fingerprint density at radius 2 is 1.95 bits per heavy atom. The number of aromatic nitrogens is 2. The lowest BCUT2D eigenvalue weighted by Gasteiger charge is -2.14. The summed E-state index contributed by atoms with van der Waals surface area (Å²) in [5, 5.41) is 11.5. The summed E-state index contributed by atoms with van der Waals surface area (Å²) in [7, 11) is -3.45. The number of hydrogen-bond donors (Lipinski definition) is 1. The second-order valence-electron chi connectivity index (χ2n) is 5.01. The van der Waals surface area contributed by atoms with Crippen LogP contribution in [-0.2, 0) is 9.84 Å². The standard InChI is InChI=1S/C15H16N4O2S/c1-10(2)22(20,21)14-7-5-4-6-13(14)19-15-12(8-16)9-17-11(3)18-15/h4-7,9-10H,1-3H3,(H,17,18,19). The Morgan fingerprint density at radius 3 is 2.59 bits per heavy atom. The predicted octanol–water partition coefficient (Wildman–Crippen LogP) is 2.58. The van der Waals surface area contributed by atoms with E-state index in [9.17, 15) is 8.42 Å². The molecule has 0 amide bonds. The van der Waals surface area contributed by atoms with Gasteiger partial charge in [-0.3, -0.25) is 0 Å². The van der Waals surface area contributed by atoms with Crippen LogP contribution in [0.15, 0.2) is 35.4 Å². The smallest absolute Gasteiger partial charge is 0.182 e. The topological polar surface area (TPSA) is 95.7 Å². The molecule has 1 heterocycles. The number of nitriles is 1. The van der Waals surface area contributed by atoms with Crippen molar-refractivity contribution >= 4 is 21.3 Å². The summed E-state index contributed by atoms with van der Waals surface area (Å²) in [5.74, 6) is 0.784. The average Bonchev–Trinajstić information content (AvgIpc) is 2.47. The maximum Gasteiger partial charge on any atom is 0.182 e. The molecule has 0 aliphatic heterocycles. The molecule has 0 saturated carbocycles. The van der Waals surface area contributed by atoms with E-state index >= 15 is 0 Å². The quantitative estimate of drug-likeness (QED) is 0.931. The number of rotatable bonds is 4. The van der Waals surface area contributed by atoms with Gasteiger partial charge >= 0.3 is 0 Å². The molecular weight excluding hydrogens is 300 g/mol. The number of nitrogens with one attached hydrogen (secondary N) is 1. The van der Waals surface area contributed by atoms with E-state index in [0.717, 1.165) is 0 Å². The highest BCUT2D eigenvalue weighted by atomic mass is 32.2. The van der Waals surface area contributed by atoms with Crippen LogP contribution < -0.4 is 5.32 Å². The zero-order chi connectivity index (χ0) is 16.3. The first-order valence-electron chi connectivity index (χ1n) is 6.70. The normalized spacial score (nSPS) is 11.2. The van der Waals surface area contributed by atoms with Gasteiger partial charge in [-0.05, 0) is 32.9 Å². The maximum atomic E-state index is 12.4. The molecule has 6 nitrogen and oxygen atoms in total. The summed E-state index contributed by atoms with van der Waals surface area (Å²) in [4.78, 5) is 8.31. The van der Waals surface area contributed by atoms with Crippen LogP contribution in [0.2, 0.25) is 0 Å². The second-order valence-corrected chi connectivity index (χ2v) is 7.48. The Labute approximate surface area is 129 Å². The summed E-state index contributed by atoms with van der Waals surface area (Å²) < 4.78 is 24.9. The zero-order valence-electron chi connectivity index (χ0n) is 12.5. The Hall–Kier alpha value is -2.46. The number of nitrogens with zero attached hydrogens (tertiary/aromatic N) is 3. The van der Waals surface area contributed by atoms with Gasteiger partial charge in [-0.15, -0.1) is 0 Å². The molecule has 0 fully saturated rings. The Balaban J connectivity index is 2.53. The molecule has 0 aliphatic rings. The van der Waals surface area contributed by atoms with Crippen LogP contribution in [0.3, 0.4) is 0 Å². The van der Waals surface area contributed by atoms with E-state index in [1.807, 2.05) is 6.07 Å². The lowest BCUT2D eigenvalue weighted by molar-refractivity contribution is 0.588. The van der Waals surface area contributed by atoms with Crippen molar-refractivity contribution in [3.8, 4) is 6.07 Å². The van der Waals surface area contributed by atoms with Crippen LogP contribution >= 0.6 is 0 Å². The summed E-state index contributed by atoms with van der Waals surface area (Å²) in [5.41, 5.74) is 0.646. The fourth-order valence-electron chi connectivity index (χ4n) is 1.85. The van der Waals surface area contributed by atoms with Gasteiger partial charge in [-0.25, -0.2) is 18.4 Å². The van der Waals surface area contributed by atoms with Gasteiger partial charge in [0.25, 0.3) is 0 Å². The highest BCUT2D eigenvalue weighted by molar-refractivity contribution is 7.92. The van der Waals surface area contributed by atoms with Crippen molar-refractivity contribution in [3.63, 3.8) is 0 Å². The summed E-state index contributed by atoms with van der Waals surface area (Å²) in [6.45, 7) is 4.95. The monoisotopic (exact) mass is 316 g/mol. The van der Waals surface area contributed by atoms with E-state index < -0.39 is 15.1 Å². The molecule has 1 aromatic carbocycles. The first-order chi connectivity index (χ1) is 10.4.